The van der Waals surface area contributed by atoms with Crippen LogP contribution in [-0.2, 0) is 6.54 Å². The van der Waals surface area contributed by atoms with E-state index in [0.29, 0.717) is 0 Å². The van der Waals surface area contributed by atoms with Crippen molar-refractivity contribution in [3.63, 3.8) is 0 Å². The van der Waals surface area contributed by atoms with Gasteiger partial charge in [0.25, 0.3) is 0 Å². The Balaban J connectivity index is 2.35. The second-order valence-corrected chi connectivity index (χ2v) is 3.01. The molecule has 0 unspecified atom stereocenters. The second kappa shape index (κ2) is 3.56. The molecule has 13 heavy (non-hydrogen) atoms. The summed E-state index contributed by atoms with van der Waals surface area (Å²) < 4.78 is 2.12. The predicted molar refractivity (Wildman–Crippen MR) is 52.1 cm³/mol. The molecule has 0 fully saturated rings. The quantitative estimate of drug-likeness (QED) is 0.713. The minimum absolute atomic E-state index is 0.958. The van der Waals surface area contributed by atoms with Crippen molar-refractivity contribution < 1.29 is 0 Å². The van der Waals surface area contributed by atoms with Crippen LogP contribution < -0.4 is 0 Å². The Hall–Kier alpha value is -1.38. The number of unbranched alkanes of at least 4 members (excludes halogenated alkanes) is 1. The van der Waals surface area contributed by atoms with Crippen LogP contribution in [0.4, 0.5) is 0 Å². The first-order valence-electron chi connectivity index (χ1n) is 4.46. The molecule has 2 aromatic rings. The van der Waals surface area contributed by atoms with Crippen LogP contribution in [0.1, 0.15) is 12.8 Å². The molecule has 0 N–H and O–H groups in total. The van der Waals surface area contributed by atoms with Gasteiger partial charge in [-0.25, -0.2) is 4.98 Å². The van der Waals surface area contributed by atoms with E-state index in [0.717, 1.165) is 30.4 Å². The van der Waals surface area contributed by atoms with Crippen LogP contribution in [0.2, 0.25) is 0 Å². The molecule has 0 bridgehead atoms. The van der Waals surface area contributed by atoms with E-state index in [1.165, 1.54) is 0 Å². The molecule has 2 aromatic heterocycles. The van der Waals surface area contributed by atoms with Crippen LogP contribution in [-0.4, -0.2) is 14.5 Å². The van der Waals surface area contributed by atoms with Crippen molar-refractivity contribution in [2.45, 2.75) is 19.4 Å². The van der Waals surface area contributed by atoms with Crippen molar-refractivity contribution in [2.75, 3.05) is 0 Å². The lowest BCUT2D eigenvalue weighted by Gasteiger charge is -2.00. The van der Waals surface area contributed by atoms with Gasteiger partial charge in [0.1, 0.15) is 0 Å². The van der Waals surface area contributed by atoms with E-state index in [9.17, 15) is 0 Å². The average Bonchev–Trinajstić information content (AvgIpc) is 2.58. The maximum Gasteiger partial charge on any atom is 0.0958 e. The van der Waals surface area contributed by atoms with Crippen LogP contribution in [0.15, 0.2) is 24.8 Å². The molecular formula is C10H12N3. The van der Waals surface area contributed by atoms with Crippen LogP contribution >= 0.6 is 0 Å². The summed E-state index contributed by atoms with van der Waals surface area (Å²) >= 11 is 0. The summed E-state index contributed by atoms with van der Waals surface area (Å²) in [5, 5.41) is 0. The van der Waals surface area contributed by atoms with Crippen LogP contribution in [0, 0.1) is 6.92 Å². The summed E-state index contributed by atoms with van der Waals surface area (Å²) in [5.41, 5.74) is 2.12. The van der Waals surface area contributed by atoms with Gasteiger partial charge in [-0.3, -0.25) is 4.98 Å². The zero-order valence-electron chi connectivity index (χ0n) is 7.48. The van der Waals surface area contributed by atoms with Gasteiger partial charge in [-0.1, -0.05) is 13.3 Å². The third kappa shape index (κ3) is 1.54. The van der Waals surface area contributed by atoms with Crippen molar-refractivity contribution in [3.8, 4) is 0 Å². The zero-order valence-corrected chi connectivity index (χ0v) is 7.48. The number of hydrogen-bond acceptors (Lipinski definition) is 2. The van der Waals surface area contributed by atoms with Crippen molar-refractivity contribution in [3.05, 3.63) is 31.7 Å². The van der Waals surface area contributed by atoms with E-state index >= 15 is 0 Å². The Labute approximate surface area is 77.4 Å². The van der Waals surface area contributed by atoms with Crippen molar-refractivity contribution in [1.82, 2.24) is 14.5 Å². The van der Waals surface area contributed by atoms with E-state index in [4.69, 9.17) is 0 Å². The monoisotopic (exact) mass is 174 g/mol. The van der Waals surface area contributed by atoms with Gasteiger partial charge in [-0.15, -0.1) is 0 Å². The molecule has 2 rings (SSSR count). The van der Waals surface area contributed by atoms with E-state index in [2.05, 4.69) is 21.5 Å². The van der Waals surface area contributed by atoms with Gasteiger partial charge in [-0.05, 0) is 12.5 Å². The van der Waals surface area contributed by atoms with Crippen LogP contribution in [0.3, 0.4) is 0 Å². The molecule has 0 saturated heterocycles. The number of aryl methyl sites for hydroxylation is 1. The fourth-order valence-corrected chi connectivity index (χ4v) is 1.36. The minimum atomic E-state index is 0.958. The highest BCUT2D eigenvalue weighted by atomic mass is 15.0. The molecule has 3 heteroatoms. The molecule has 0 aromatic carbocycles. The average molecular weight is 174 g/mol. The predicted octanol–water partition coefficient (Wildman–Crippen LogP) is 2.05. The van der Waals surface area contributed by atoms with E-state index < -0.39 is 0 Å². The van der Waals surface area contributed by atoms with Gasteiger partial charge in [0.05, 0.1) is 23.6 Å². The Morgan fingerprint density at radius 3 is 3.23 bits per heavy atom. The van der Waals surface area contributed by atoms with Gasteiger partial charge in [0, 0.05) is 12.7 Å². The topological polar surface area (TPSA) is 30.7 Å². The Morgan fingerprint density at radius 2 is 2.38 bits per heavy atom. The lowest BCUT2D eigenvalue weighted by Crippen LogP contribution is -1.95. The lowest BCUT2D eigenvalue weighted by molar-refractivity contribution is 0.664. The molecule has 1 radical (unpaired) electrons. The highest BCUT2D eigenvalue weighted by Crippen LogP contribution is 2.10. The first-order valence-corrected chi connectivity index (χ1v) is 4.46. The first kappa shape index (κ1) is 8.23. The third-order valence-corrected chi connectivity index (χ3v) is 2.07. The molecule has 0 saturated carbocycles. The maximum atomic E-state index is 4.27. The smallest absolute Gasteiger partial charge is 0.0958 e. The molecule has 0 aliphatic heterocycles. The van der Waals surface area contributed by atoms with Gasteiger partial charge >= 0.3 is 0 Å². The molecule has 0 aliphatic carbocycles. The van der Waals surface area contributed by atoms with Crippen molar-refractivity contribution >= 4 is 11.0 Å². The van der Waals surface area contributed by atoms with Crippen molar-refractivity contribution in [1.29, 1.82) is 0 Å². The van der Waals surface area contributed by atoms with Crippen LogP contribution in [0.5, 0.6) is 0 Å². The number of rotatable bonds is 3. The third-order valence-electron chi connectivity index (χ3n) is 2.07. The summed E-state index contributed by atoms with van der Waals surface area (Å²) in [6, 6.07) is 1.93. The number of nitrogens with zero attached hydrogens (tertiary/aromatic N) is 3. The van der Waals surface area contributed by atoms with Gasteiger partial charge in [-0.2, -0.15) is 0 Å². The SMILES string of the molecule is [CH2]CCCn1cnc2ccncc21. The molecule has 3 nitrogen and oxygen atoms in total. The largest absolute Gasteiger partial charge is 0.329 e. The molecule has 2 heterocycles. The zero-order chi connectivity index (χ0) is 9.10. The Kier molecular flexibility index (Phi) is 2.25. The van der Waals surface area contributed by atoms with Gasteiger partial charge in [0.2, 0.25) is 0 Å². The number of pyridine rings is 1. The normalized spacial score (nSPS) is 10.8. The second-order valence-electron chi connectivity index (χ2n) is 3.01. The molecule has 0 spiro atoms. The molecule has 0 aliphatic rings. The summed E-state index contributed by atoms with van der Waals surface area (Å²) in [5.74, 6) is 0. The Bertz CT molecular complexity index is 392. The number of aromatic nitrogens is 3. The molecule has 67 valence electrons. The van der Waals surface area contributed by atoms with Gasteiger partial charge < -0.3 is 4.57 Å². The summed E-state index contributed by atoms with van der Waals surface area (Å²) in [4.78, 5) is 8.35. The lowest BCUT2D eigenvalue weighted by atomic mass is 10.3. The van der Waals surface area contributed by atoms with Crippen LogP contribution in [0.25, 0.3) is 11.0 Å². The minimum Gasteiger partial charge on any atom is -0.329 e. The molecular weight excluding hydrogens is 162 g/mol. The van der Waals surface area contributed by atoms with Gasteiger partial charge in [0.15, 0.2) is 0 Å². The number of fused-ring (bicyclic) bond motifs is 1. The van der Waals surface area contributed by atoms with E-state index in [1.807, 2.05) is 18.6 Å². The maximum absolute atomic E-state index is 4.27. The summed E-state index contributed by atoms with van der Waals surface area (Å²) in [7, 11) is 0. The fourth-order valence-electron chi connectivity index (χ4n) is 1.36. The molecule has 0 amide bonds. The highest BCUT2D eigenvalue weighted by Gasteiger charge is 1.99. The Morgan fingerprint density at radius 1 is 1.46 bits per heavy atom. The fraction of sp³-hybridized carbons (Fsp3) is 0.300. The first-order chi connectivity index (χ1) is 6.42. The number of hydrogen-bond donors (Lipinski definition) is 0. The van der Waals surface area contributed by atoms with E-state index in [-0.39, 0.29) is 0 Å². The van der Waals surface area contributed by atoms with E-state index in [1.54, 1.807) is 6.20 Å². The molecule has 0 atom stereocenters. The summed E-state index contributed by atoms with van der Waals surface area (Å²) in [6.45, 7) is 4.79. The summed E-state index contributed by atoms with van der Waals surface area (Å²) in [6.07, 6.45) is 7.52. The number of imidazole rings is 1. The highest BCUT2D eigenvalue weighted by molar-refractivity contribution is 5.73. The standard InChI is InChI=1S/C10H12N3/c1-2-3-6-13-8-12-9-4-5-11-7-10(9)13/h4-5,7-8H,1-3,6H2. The van der Waals surface area contributed by atoms with Crippen molar-refractivity contribution in [2.24, 2.45) is 0 Å².